The molecule has 0 spiro atoms. The van der Waals surface area contributed by atoms with Gasteiger partial charge in [0.15, 0.2) is 0 Å². The van der Waals surface area contributed by atoms with E-state index in [0.29, 0.717) is 11.3 Å². The lowest BCUT2D eigenvalue weighted by Crippen LogP contribution is -2.13. The highest BCUT2D eigenvalue weighted by atomic mass is 32.2. The highest BCUT2D eigenvalue weighted by Gasteiger charge is 2.13. The summed E-state index contributed by atoms with van der Waals surface area (Å²) in [6, 6.07) is 11.4. The molecule has 98 valence electrons. The van der Waals surface area contributed by atoms with E-state index in [1.165, 1.54) is 17.3 Å². The maximum absolute atomic E-state index is 11.5. The summed E-state index contributed by atoms with van der Waals surface area (Å²) in [6.45, 7) is 4.09. The average Bonchev–Trinajstić information content (AvgIpc) is 2.34. The molecule has 0 bridgehead atoms. The first-order valence-corrected chi connectivity index (χ1v) is 6.74. The molecule has 1 amide bonds. The van der Waals surface area contributed by atoms with Gasteiger partial charge in [0.1, 0.15) is 0 Å². The molecule has 0 unspecified atom stereocenters. The minimum absolute atomic E-state index is 0.459. The molecule has 0 saturated carbocycles. The highest BCUT2D eigenvalue weighted by molar-refractivity contribution is 7.99. The average molecular weight is 272 g/mol. The van der Waals surface area contributed by atoms with E-state index in [1.807, 2.05) is 26.0 Å². The van der Waals surface area contributed by atoms with Crippen molar-refractivity contribution >= 4 is 23.4 Å². The smallest absolute Gasteiger partial charge is 0.249 e. The standard InChI is InChI=1S/C15H16N2OS/c1-9-6-7-13(10(2)8-9)19-14-11(15(17)18)4-3-5-12(14)16/h3-8H,16H2,1-2H3,(H2,17,18). The van der Waals surface area contributed by atoms with Crippen molar-refractivity contribution in [2.24, 2.45) is 5.73 Å². The minimum atomic E-state index is -0.459. The van der Waals surface area contributed by atoms with Crippen LogP contribution in [0.25, 0.3) is 0 Å². The number of aryl methyl sites for hydroxylation is 2. The van der Waals surface area contributed by atoms with Crippen molar-refractivity contribution in [3.05, 3.63) is 53.1 Å². The Labute approximate surface area is 117 Å². The lowest BCUT2D eigenvalue weighted by Gasteiger charge is -2.11. The summed E-state index contributed by atoms with van der Waals surface area (Å²) >= 11 is 1.48. The van der Waals surface area contributed by atoms with Crippen LogP contribution in [0.15, 0.2) is 46.2 Å². The molecule has 3 nitrogen and oxygen atoms in total. The number of nitrogens with two attached hydrogens (primary N) is 2. The number of nitrogen functional groups attached to an aromatic ring is 1. The second-order valence-corrected chi connectivity index (χ2v) is 5.51. The van der Waals surface area contributed by atoms with E-state index in [-0.39, 0.29) is 0 Å². The molecule has 0 aliphatic rings. The Bertz CT molecular complexity index is 638. The second kappa shape index (κ2) is 5.36. The van der Waals surface area contributed by atoms with Gasteiger partial charge < -0.3 is 11.5 Å². The molecule has 2 rings (SSSR count). The monoisotopic (exact) mass is 272 g/mol. The zero-order valence-electron chi connectivity index (χ0n) is 10.9. The quantitative estimate of drug-likeness (QED) is 0.843. The Hall–Kier alpha value is -1.94. The summed E-state index contributed by atoms with van der Waals surface area (Å²) in [5.74, 6) is -0.459. The first-order chi connectivity index (χ1) is 8.99. The first kappa shape index (κ1) is 13.5. The number of carbonyl (C=O) groups excluding carboxylic acids is 1. The fraction of sp³-hybridized carbons (Fsp3) is 0.133. The molecule has 0 saturated heterocycles. The van der Waals surface area contributed by atoms with Crippen LogP contribution < -0.4 is 11.5 Å². The highest BCUT2D eigenvalue weighted by Crippen LogP contribution is 2.36. The van der Waals surface area contributed by atoms with Crippen molar-refractivity contribution in [1.29, 1.82) is 0 Å². The summed E-state index contributed by atoms with van der Waals surface area (Å²) in [5, 5.41) is 0. The number of hydrogen-bond acceptors (Lipinski definition) is 3. The molecule has 4 N–H and O–H groups in total. The number of carbonyl (C=O) groups is 1. The van der Waals surface area contributed by atoms with Crippen LogP contribution in [-0.4, -0.2) is 5.91 Å². The molecule has 0 aliphatic carbocycles. The van der Waals surface area contributed by atoms with E-state index in [9.17, 15) is 4.79 Å². The van der Waals surface area contributed by atoms with Crippen LogP contribution >= 0.6 is 11.8 Å². The summed E-state index contributed by atoms with van der Waals surface area (Å²) in [4.78, 5) is 13.3. The molecule has 19 heavy (non-hydrogen) atoms. The maximum Gasteiger partial charge on any atom is 0.249 e. The van der Waals surface area contributed by atoms with Gasteiger partial charge in [0.2, 0.25) is 5.91 Å². The summed E-state index contributed by atoms with van der Waals surface area (Å²) < 4.78 is 0. The molecule has 2 aromatic rings. The van der Waals surface area contributed by atoms with Crippen molar-refractivity contribution < 1.29 is 4.79 Å². The Kier molecular flexibility index (Phi) is 3.81. The van der Waals surface area contributed by atoms with Gasteiger partial charge in [0.25, 0.3) is 0 Å². The number of hydrogen-bond donors (Lipinski definition) is 2. The molecule has 4 heteroatoms. The van der Waals surface area contributed by atoms with Gasteiger partial charge in [-0.15, -0.1) is 0 Å². The molecule has 0 atom stereocenters. The Balaban J connectivity index is 2.46. The third kappa shape index (κ3) is 2.90. The molecular weight excluding hydrogens is 256 g/mol. The fourth-order valence-electron chi connectivity index (χ4n) is 1.89. The molecule has 2 aromatic carbocycles. The van der Waals surface area contributed by atoms with Crippen LogP contribution in [0.5, 0.6) is 0 Å². The third-order valence-electron chi connectivity index (χ3n) is 2.85. The van der Waals surface area contributed by atoms with Crippen molar-refractivity contribution in [3.63, 3.8) is 0 Å². The van der Waals surface area contributed by atoms with Gasteiger partial charge in [-0.05, 0) is 37.6 Å². The van der Waals surface area contributed by atoms with E-state index in [0.717, 1.165) is 15.4 Å². The van der Waals surface area contributed by atoms with Gasteiger partial charge in [-0.25, -0.2) is 0 Å². The van der Waals surface area contributed by atoms with Crippen molar-refractivity contribution in [2.45, 2.75) is 23.6 Å². The largest absolute Gasteiger partial charge is 0.398 e. The fourth-order valence-corrected chi connectivity index (χ4v) is 2.93. The molecule has 0 aliphatic heterocycles. The second-order valence-electron chi connectivity index (χ2n) is 4.46. The van der Waals surface area contributed by atoms with Gasteiger partial charge in [-0.1, -0.05) is 35.5 Å². The zero-order valence-corrected chi connectivity index (χ0v) is 11.8. The summed E-state index contributed by atoms with van der Waals surface area (Å²) in [7, 11) is 0. The number of anilines is 1. The van der Waals surface area contributed by atoms with E-state index in [2.05, 4.69) is 6.07 Å². The van der Waals surface area contributed by atoms with Crippen LogP contribution in [0, 0.1) is 13.8 Å². The number of rotatable bonds is 3. The molecular formula is C15H16N2OS. The lowest BCUT2D eigenvalue weighted by atomic mass is 10.2. The van der Waals surface area contributed by atoms with Crippen molar-refractivity contribution in [3.8, 4) is 0 Å². The van der Waals surface area contributed by atoms with Crippen LogP contribution in [-0.2, 0) is 0 Å². The number of primary amides is 1. The van der Waals surface area contributed by atoms with Crippen molar-refractivity contribution in [2.75, 3.05) is 5.73 Å². The Morgan fingerprint density at radius 1 is 1.16 bits per heavy atom. The minimum Gasteiger partial charge on any atom is -0.398 e. The van der Waals surface area contributed by atoms with E-state index in [4.69, 9.17) is 11.5 Å². The van der Waals surface area contributed by atoms with Crippen LogP contribution in [0.4, 0.5) is 5.69 Å². The van der Waals surface area contributed by atoms with Crippen LogP contribution in [0.1, 0.15) is 21.5 Å². The third-order valence-corrected chi connectivity index (χ3v) is 4.19. The molecule has 0 radical (unpaired) electrons. The zero-order chi connectivity index (χ0) is 14.0. The van der Waals surface area contributed by atoms with Crippen molar-refractivity contribution in [1.82, 2.24) is 0 Å². The van der Waals surface area contributed by atoms with Crippen LogP contribution in [0.3, 0.4) is 0 Å². The SMILES string of the molecule is Cc1ccc(Sc2c(N)cccc2C(N)=O)c(C)c1. The van der Waals surface area contributed by atoms with E-state index < -0.39 is 5.91 Å². The first-order valence-electron chi connectivity index (χ1n) is 5.92. The van der Waals surface area contributed by atoms with Gasteiger partial charge in [0, 0.05) is 15.5 Å². The van der Waals surface area contributed by atoms with E-state index in [1.54, 1.807) is 18.2 Å². The molecule has 0 fully saturated rings. The Morgan fingerprint density at radius 3 is 2.53 bits per heavy atom. The van der Waals surface area contributed by atoms with E-state index >= 15 is 0 Å². The topological polar surface area (TPSA) is 69.1 Å². The van der Waals surface area contributed by atoms with Gasteiger partial charge >= 0.3 is 0 Å². The lowest BCUT2D eigenvalue weighted by molar-refractivity contribution is 0.0997. The van der Waals surface area contributed by atoms with Gasteiger partial charge in [-0.3, -0.25) is 4.79 Å². The number of benzene rings is 2. The van der Waals surface area contributed by atoms with Gasteiger partial charge in [-0.2, -0.15) is 0 Å². The van der Waals surface area contributed by atoms with Gasteiger partial charge in [0.05, 0.1) is 5.56 Å². The predicted octanol–water partition coefficient (Wildman–Crippen LogP) is 3.14. The molecule has 0 aromatic heterocycles. The normalized spacial score (nSPS) is 10.4. The van der Waals surface area contributed by atoms with Crippen LogP contribution in [0.2, 0.25) is 0 Å². The maximum atomic E-state index is 11.5. The predicted molar refractivity (Wildman–Crippen MR) is 79.4 cm³/mol. The summed E-state index contributed by atoms with van der Waals surface area (Å²) in [5.41, 5.74) is 14.7. The Morgan fingerprint density at radius 2 is 1.89 bits per heavy atom. The molecule has 0 heterocycles. The number of amides is 1. The summed E-state index contributed by atoms with van der Waals surface area (Å²) in [6.07, 6.45) is 0.